The molecule has 11 heteroatoms. The Morgan fingerprint density at radius 2 is 1.93 bits per heavy atom. The van der Waals surface area contributed by atoms with E-state index in [9.17, 15) is 13.6 Å². The Balaban J connectivity index is 1.45. The highest BCUT2D eigenvalue weighted by atomic mass is 32.1. The zero-order valence-corrected chi connectivity index (χ0v) is 26.1. The predicted octanol–water partition coefficient (Wildman–Crippen LogP) is 6.63. The van der Waals surface area contributed by atoms with Crippen molar-refractivity contribution in [1.29, 1.82) is 0 Å². The first-order chi connectivity index (χ1) is 21.7. The number of likely N-dealkylation sites (N-methyl/N-ethyl adjacent to an activating group) is 1. The zero-order valence-electron chi connectivity index (χ0n) is 25.3. The van der Waals surface area contributed by atoms with Crippen LogP contribution < -0.4 is 4.74 Å². The molecule has 0 fully saturated rings. The number of fused-ring (bicyclic) bond motifs is 3. The van der Waals surface area contributed by atoms with E-state index in [2.05, 4.69) is 30.7 Å². The molecule has 0 atom stereocenters. The Kier molecular flexibility index (Phi) is 7.45. The van der Waals surface area contributed by atoms with E-state index in [4.69, 9.17) is 19.8 Å². The van der Waals surface area contributed by atoms with E-state index in [-0.39, 0.29) is 12.6 Å². The van der Waals surface area contributed by atoms with Gasteiger partial charge in [0.25, 0.3) is 5.91 Å². The second-order valence-corrected chi connectivity index (χ2v) is 12.8. The molecule has 0 radical (unpaired) electrons. The van der Waals surface area contributed by atoms with E-state index in [1.165, 1.54) is 22.6 Å². The number of carbonyl (C=O) groups is 1. The minimum absolute atomic E-state index is 0.187. The minimum Gasteiger partial charge on any atom is -0.490 e. The highest BCUT2D eigenvalue weighted by Crippen LogP contribution is 2.46. The summed E-state index contributed by atoms with van der Waals surface area (Å²) in [4.78, 5) is 26.2. The first-order valence-corrected chi connectivity index (χ1v) is 15.8. The van der Waals surface area contributed by atoms with Crippen molar-refractivity contribution in [2.75, 3.05) is 20.1 Å². The van der Waals surface area contributed by atoms with Crippen LogP contribution in [0, 0.1) is 5.82 Å². The molecule has 0 bridgehead atoms. The molecule has 0 saturated heterocycles. The fraction of sp³-hybridized carbons (Fsp3) is 0.294. The number of hydrogen-bond acceptors (Lipinski definition) is 7. The van der Waals surface area contributed by atoms with Crippen LogP contribution in [-0.2, 0) is 30.8 Å². The number of amides is 1. The standard InChI is InChI=1S/C34H32F2N6O2S/c1-19(2)44-29-14-23(36)5-6-25(29)30-32(28-15-24-18-41(34(43)20(3)35)10-11-42(24)39-28)38-31(26-8-12-45-33(26)30)21-13-22-17-40(4)9-7-27(22)37-16-21/h5-6,8,12-16,19H,3,7,9-11,17-18H2,1-2,4H3. The Morgan fingerprint density at radius 3 is 2.73 bits per heavy atom. The van der Waals surface area contributed by atoms with Gasteiger partial charge in [0.15, 0.2) is 5.83 Å². The zero-order chi connectivity index (χ0) is 31.4. The first kappa shape index (κ1) is 29.2. The molecule has 6 heterocycles. The fourth-order valence-electron chi connectivity index (χ4n) is 6.16. The molecule has 2 aliphatic heterocycles. The first-order valence-electron chi connectivity index (χ1n) is 14.9. The van der Waals surface area contributed by atoms with Crippen molar-refractivity contribution in [3.8, 4) is 39.5 Å². The van der Waals surface area contributed by atoms with Crippen LogP contribution in [0.4, 0.5) is 8.78 Å². The number of benzene rings is 1. The number of rotatable bonds is 6. The number of thiophene rings is 1. The minimum atomic E-state index is -0.987. The molecule has 5 aromatic rings. The Morgan fingerprint density at radius 1 is 1.09 bits per heavy atom. The summed E-state index contributed by atoms with van der Waals surface area (Å²) in [7, 11) is 2.11. The molecule has 45 heavy (non-hydrogen) atoms. The van der Waals surface area contributed by atoms with Gasteiger partial charge in [-0.1, -0.05) is 6.58 Å². The van der Waals surface area contributed by atoms with Crippen molar-refractivity contribution in [3.63, 3.8) is 0 Å². The molecule has 0 saturated carbocycles. The van der Waals surface area contributed by atoms with Crippen LogP contribution >= 0.6 is 11.3 Å². The quantitative estimate of drug-likeness (QED) is 0.197. The summed E-state index contributed by atoms with van der Waals surface area (Å²) >= 11 is 1.57. The third-order valence-corrected chi connectivity index (χ3v) is 9.18. The van der Waals surface area contributed by atoms with E-state index >= 15 is 0 Å². The maximum Gasteiger partial charge on any atom is 0.282 e. The van der Waals surface area contributed by atoms with Gasteiger partial charge < -0.3 is 14.5 Å². The van der Waals surface area contributed by atoms with Crippen LogP contribution in [0.25, 0.3) is 43.9 Å². The average Bonchev–Trinajstić information content (AvgIpc) is 3.67. The van der Waals surface area contributed by atoms with E-state index in [1.807, 2.05) is 36.2 Å². The maximum absolute atomic E-state index is 14.6. The molecule has 1 amide bonds. The van der Waals surface area contributed by atoms with Crippen LogP contribution in [-0.4, -0.2) is 61.7 Å². The number of aromatic nitrogens is 4. The lowest BCUT2D eigenvalue weighted by atomic mass is 9.96. The highest BCUT2D eigenvalue weighted by molar-refractivity contribution is 7.18. The molecular formula is C34H32F2N6O2S. The number of halogens is 2. The van der Waals surface area contributed by atoms with Crippen molar-refractivity contribution >= 4 is 27.3 Å². The van der Waals surface area contributed by atoms with Crippen LogP contribution in [0.15, 0.2) is 60.4 Å². The predicted molar refractivity (Wildman–Crippen MR) is 171 cm³/mol. The topological polar surface area (TPSA) is 76.4 Å². The molecule has 230 valence electrons. The molecule has 0 N–H and O–H groups in total. The lowest BCUT2D eigenvalue weighted by Gasteiger charge is -2.26. The van der Waals surface area contributed by atoms with E-state index < -0.39 is 17.6 Å². The van der Waals surface area contributed by atoms with E-state index in [1.54, 1.807) is 17.4 Å². The fourth-order valence-corrected chi connectivity index (χ4v) is 7.11. The maximum atomic E-state index is 14.6. The summed E-state index contributed by atoms with van der Waals surface area (Å²) in [6, 6.07) is 10.7. The van der Waals surface area contributed by atoms with Gasteiger partial charge >= 0.3 is 0 Å². The number of hydrogen-bond donors (Lipinski definition) is 0. The summed E-state index contributed by atoms with van der Waals surface area (Å²) in [5, 5.41) is 7.91. The summed E-state index contributed by atoms with van der Waals surface area (Å²) in [5.41, 5.74) is 7.40. The van der Waals surface area contributed by atoms with Gasteiger partial charge in [0.05, 0.1) is 30.6 Å². The largest absolute Gasteiger partial charge is 0.490 e. The summed E-state index contributed by atoms with van der Waals surface area (Å²) in [5.74, 6) is -1.70. The molecule has 0 aliphatic carbocycles. The molecule has 2 aliphatic rings. The Bertz CT molecular complexity index is 1980. The van der Waals surface area contributed by atoms with Crippen LogP contribution in [0.3, 0.4) is 0 Å². The van der Waals surface area contributed by atoms with Gasteiger partial charge in [0.2, 0.25) is 0 Å². The monoisotopic (exact) mass is 626 g/mol. The summed E-state index contributed by atoms with van der Waals surface area (Å²) in [6.45, 7) is 9.67. The van der Waals surface area contributed by atoms with Crippen LogP contribution in [0.2, 0.25) is 0 Å². The lowest BCUT2D eigenvalue weighted by molar-refractivity contribution is -0.130. The third-order valence-electron chi connectivity index (χ3n) is 8.25. The number of ether oxygens (including phenoxy) is 1. The number of pyridine rings is 2. The number of nitrogens with zero attached hydrogens (tertiary/aromatic N) is 6. The molecule has 0 unspecified atom stereocenters. The van der Waals surface area contributed by atoms with Crippen molar-refractivity contribution in [2.24, 2.45) is 0 Å². The van der Waals surface area contributed by atoms with E-state index in [0.29, 0.717) is 35.8 Å². The molecule has 4 aromatic heterocycles. The molecule has 7 rings (SSSR count). The second-order valence-electron chi connectivity index (χ2n) is 11.8. The Labute approximate surface area is 263 Å². The Hall–Kier alpha value is -4.48. The van der Waals surface area contributed by atoms with Crippen molar-refractivity contribution in [3.05, 3.63) is 83.1 Å². The molecule has 1 aromatic carbocycles. The molecular weight excluding hydrogens is 594 g/mol. The summed E-state index contributed by atoms with van der Waals surface area (Å²) < 4.78 is 37.2. The lowest BCUT2D eigenvalue weighted by Crippen LogP contribution is -2.38. The van der Waals surface area contributed by atoms with Gasteiger partial charge in [-0.3, -0.25) is 14.5 Å². The van der Waals surface area contributed by atoms with Gasteiger partial charge in [-0.05, 0) is 62.2 Å². The van der Waals surface area contributed by atoms with Gasteiger partial charge in [0.1, 0.15) is 23.0 Å². The van der Waals surface area contributed by atoms with E-state index in [0.717, 1.165) is 57.8 Å². The average molecular weight is 627 g/mol. The van der Waals surface area contributed by atoms with Crippen molar-refractivity contribution in [2.45, 2.75) is 46.0 Å². The van der Waals surface area contributed by atoms with Gasteiger partial charge in [0, 0.05) is 70.8 Å². The smallest absolute Gasteiger partial charge is 0.282 e. The number of carbonyl (C=O) groups excluding carboxylic acids is 1. The van der Waals surface area contributed by atoms with Gasteiger partial charge in [-0.2, -0.15) is 5.10 Å². The van der Waals surface area contributed by atoms with Gasteiger partial charge in [-0.25, -0.2) is 13.8 Å². The normalized spacial score (nSPS) is 14.9. The molecule has 0 spiro atoms. The SMILES string of the molecule is C=C(F)C(=O)N1CCn2nc(-c3nc(-c4cnc5c(c4)CN(C)CC5)c4ccsc4c3-c3ccc(F)cc3OC(C)C)cc2C1. The van der Waals surface area contributed by atoms with Crippen molar-refractivity contribution < 1.29 is 18.3 Å². The highest BCUT2D eigenvalue weighted by Gasteiger charge is 2.28. The second kappa shape index (κ2) is 11.5. The third kappa shape index (κ3) is 5.40. The van der Waals surface area contributed by atoms with Crippen LogP contribution in [0.5, 0.6) is 5.75 Å². The van der Waals surface area contributed by atoms with Crippen molar-refractivity contribution in [1.82, 2.24) is 29.5 Å². The summed E-state index contributed by atoms with van der Waals surface area (Å²) in [6.07, 6.45) is 2.61. The molecule has 8 nitrogen and oxygen atoms in total. The van der Waals surface area contributed by atoms with Crippen LogP contribution in [0.1, 0.15) is 30.8 Å². The van der Waals surface area contributed by atoms with Gasteiger partial charge in [-0.15, -0.1) is 11.3 Å².